The third kappa shape index (κ3) is 6.77. The van der Waals surface area contributed by atoms with Crippen LogP contribution in [0.15, 0.2) is 0 Å². The van der Waals surface area contributed by atoms with Crippen LogP contribution in [0.5, 0.6) is 0 Å². The molecule has 7 heteroatoms. The van der Waals surface area contributed by atoms with Crippen molar-refractivity contribution in [3.63, 3.8) is 0 Å². The van der Waals surface area contributed by atoms with Gasteiger partial charge in [0, 0.05) is 0 Å². The molecule has 0 rings (SSSR count). The number of carbonyl (C=O) groups is 3. The summed E-state index contributed by atoms with van der Waals surface area (Å²) in [4.78, 5) is 32.4. The van der Waals surface area contributed by atoms with Gasteiger partial charge in [-0.15, -0.1) is 0 Å². The average molecular weight is 231 g/mol. The SMILES string of the molecule is CCCNCC(=O)N[C@H](CC(N)=O)C(=O)O. The van der Waals surface area contributed by atoms with E-state index in [4.69, 9.17) is 10.8 Å². The summed E-state index contributed by atoms with van der Waals surface area (Å²) < 4.78 is 0. The first-order chi connectivity index (χ1) is 7.47. The Balaban J connectivity index is 4.03. The van der Waals surface area contributed by atoms with E-state index in [1.54, 1.807) is 0 Å². The van der Waals surface area contributed by atoms with Crippen LogP contribution in [0.25, 0.3) is 0 Å². The Morgan fingerprint density at radius 1 is 1.38 bits per heavy atom. The fraction of sp³-hybridized carbons (Fsp3) is 0.667. The lowest BCUT2D eigenvalue weighted by atomic mass is 10.2. The Morgan fingerprint density at radius 3 is 2.44 bits per heavy atom. The van der Waals surface area contributed by atoms with E-state index >= 15 is 0 Å². The molecule has 0 aromatic heterocycles. The zero-order valence-corrected chi connectivity index (χ0v) is 9.16. The van der Waals surface area contributed by atoms with Gasteiger partial charge in [-0.2, -0.15) is 0 Å². The van der Waals surface area contributed by atoms with Crippen molar-refractivity contribution >= 4 is 17.8 Å². The summed E-state index contributed by atoms with van der Waals surface area (Å²) in [6.45, 7) is 2.63. The molecule has 0 radical (unpaired) electrons. The third-order valence-corrected chi connectivity index (χ3v) is 1.75. The number of carboxylic acids is 1. The number of amides is 2. The highest BCUT2D eigenvalue weighted by Crippen LogP contribution is 1.91. The molecule has 0 heterocycles. The molecule has 5 N–H and O–H groups in total. The molecule has 0 aromatic rings. The normalized spacial score (nSPS) is 11.8. The molecule has 0 bridgehead atoms. The van der Waals surface area contributed by atoms with Crippen LogP contribution in [0.1, 0.15) is 19.8 Å². The summed E-state index contributed by atoms with van der Waals surface area (Å²) in [5.41, 5.74) is 4.86. The Hall–Kier alpha value is -1.63. The van der Waals surface area contributed by atoms with E-state index in [1.165, 1.54) is 0 Å². The van der Waals surface area contributed by atoms with E-state index in [2.05, 4.69) is 10.6 Å². The summed E-state index contributed by atoms with van der Waals surface area (Å²) in [6, 6.07) is -1.26. The van der Waals surface area contributed by atoms with Crippen molar-refractivity contribution in [2.75, 3.05) is 13.1 Å². The topological polar surface area (TPSA) is 122 Å². The van der Waals surface area contributed by atoms with Crippen LogP contribution in [-0.4, -0.2) is 42.0 Å². The molecule has 16 heavy (non-hydrogen) atoms. The molecule has 0 aliphatic rings. The van der Waals surface area contributed by atoms with Crippen molar-refractivity contribution in [2.24, 2.45) is 5.73 Å². The molecule has 0 saturated carbocycles. The first-order valence-electron chi connectivity index (χ1n) is 4.98. The first kappa shape index (κ1) is 14.4. The van der Waals surface area contributed by atoms with E-state index in [0.29, 0.717) is 6.54 Å². The zero-order valence-electron chi connectivity index (χ0n) is 9.16. The van der Waals surface area contributed by atoms with Gasteiger partial charge in [-0.3, -0.25) is 9.59 Å². The molecule has 7 nitrogen and oxygen atoms in total. The lowest BCUT2D eigenvalue weighted by Gasteiger charge is -2.12. The van der Waals surface area contributed by atoms with Crippen molar-refractivity contribution in [3.8, 4) is 0 Å². The maximum Gasteiger partial charge on any atom is 0.326 e. The van der Waals surface area contributed by atoms with E-state index in [1.807, 2.05) is 6.92 Å². The Labute approximate surface area is 93.4 Å². The smallest absolute Gasteiger partial charge is 0.326 e. The summed E-state index contributed by atoms with van der Waals surface area (Å²) in [7, 11) is 0. The number of nitrogens with one attached hydrogen (secondary N) is 2. The molecule has 0 saturated heterocycles. The maximum atomic E-state index is 11.2. The Bertz CT molecular complexity index is 267. The van der Waals surface area contributed by atoms with Crippen molar-refractivity contribution in [2.45, 2.75) is 25.8 Å². The highest BCUT2D eigenvalue weighted by Gasteiger charge is 2.21. The van der Waals surface area contributed by atoms with Crippen LogP contribution in [0.4, 0.5) is 0 Å². The molecule has 92 valence electrons. The highest BCUT2D eigenvalue weighted by atomic mass is 16.4. The molecule has 0 fully saturated rings. The van der Waals surface area contributed by atoms with Gasteiger partial charge in [0.1, 0.15) is 6.04 Å². The molecular weight excluding hydrogens is 214 g/mol. The predicted octanol–water partition coefficient (Wildman–Crippen LogP) is -1.57. The van der Waals surface area contributed by atoms with Crippen LogP contribution in [0.2, 0.25) is 0 Å². The Kier molecular flexibility index (Phi) is 6.86. The van der Waals surface area contributed by atoms with Crippen LogP contribution >= 0.6 is 0 Å². The summed E-state index contributed by atoms with van der Waals surface area (Å²) in [5.74, 6) is -2.51. The van der Waals surface area contributed by atoms with Gasteiger partial charge in [0.2, 0.25) is 11.8 Å². The molecule has 0 aliphatic heterocycles. The second-order valence-electron chi connectivity index (χ2n) is 3.31. The minimum Gasteiger partial charge on any atom is -0.480 e. The number of nitrogens with two attached hydrogens (primary N) is 1. The van der Waals surface area contributed by atoms with Gasteiger partial charge in [0.25, 0.3) is 0 Å². The van der Waals surface area contributed by atoms with Gasteiger partial charge in [0.05, 0.1) is 13.0 Å². The quantitative estimate of drug-likeness (QED) is 0.376. The maximum absolute atomic E-state index is 11.2. The molecule has 0 unspecified atom stereocenters. The number of carbonyl (C=O) groups excluding carboxylic acids is 2. The van der Waals surface area contributed by atoms with E-state index in [-0.39, 0.29) is 6.54 Å². The van der Waals surface area contributed by atoms with E-state index < -0.39 is 30.2 Å². The van der Waals surface area contributed by atoms with Gasteiger partial charge in [-0.1, -0.05) is 6.92 Å². The molecule has 0 spiro atoms. The van der Waals surface area contributed by atoms with Gasteiger partial charge < -0.3 is 21.5 Å². The van der Waals surface area contributed by atoms with Crippen LogP contribution in [0, 0.1) is 0 Å². The van der Waals surface area contributed by atoms with Crippen LogP contribution in [-0.2, 0) is 14.4 Å². The lowest BCUT2D eigenvalue weighted by molar-refractivity contribution is -0.143. The number of hydrogen-bond donors (Lipinski definition) is 4. The minimum absolute atomic E-state index is 0.0242. The number of aliphatic carboxylic acids is 1. The van der Waals surface area contributed by atoms with Gasteiger partial charge >= 0.3 is 5.97 Å². The molecule has 2 amide bonds. The van der Waals surface area contributed by atoms with Gasteiger partial charge in [0.15, 0.2) is 0 Å². The van der Waals surface area contributed by atoms with Crippen molar-refractivity contribution < 1.29 is 19.5 Å². The third-order valence-electron chi connectivity index (χ3n) is 1.75. The van der Waals surface area contributed by atoms with Gasteiger partial charge in [-0.05, 0) is 13.0 Å². The number of primary amides is 1. The van der Waals surface area contributed by atoms with E-state index in [0.717, 1.165) is 6.42 Å². The second kappa shape index (κ2) is 7.63. The molecule has 1 atom stereocenters. The van der Waals surface area contributed by atoms with Crippen molar-refractivity contribution in [1.29, 1.82) is 0 Å². The highest BCUT2D eigenvalue weighted by molar-refractivity contribution is 5.88. The zero-order chi connectivity index (χ0) is 12.6. The van der Waals surface area contributed by atoms with Crippen LogP contribution < -0.4 is 16.4 Å². The summed E-state index contributed by atoms with van der Waals surface area (Å²) in [6.07, 6.45) is 0.464. The monoisotopic (exact) mass is 231 g/mol. The number of hydrogen-bond acceptors (Lipinski definition) is 4. The number of rotatable bonds is 8. The molecule has 0 aromatic carbocycles. The number of carboxylic acid groups (broad SMARTS) is 1. The average Bonchev–Trinajstić information content (AvgIpc) is 2.16. The fourth-order valence-corrected chi connectivity index (χ4v) is 1.03. The van der Waals surface area contributed by atoms with Gasteiger partial charge in [-0.25, -0.2) is 4.79 Å². The summed E-state index contributed by atoms with van der Waals surface area (Å²) >= 11 is 0. The minimum atomic E-state index is -1.28. The second-order valence-corrected chi connectivity index (χ2v) is 3.31. The summed E-state index contributed by atoms with van der Waals surface area (Å²) in [5, 5.41) is 13.7. The predicted molar refractivity (Wildman–Crippen MR) is 56.5 cm³/mol. The fourth-order valence-electron chi connectivity index (χ4n) is 1.03. The van der Waals surface area contributed by atoms with Crippen LogP contribution in [0.3, 0.4) is 0 Å². The van der Waals surface area contributed by atoms with Crippen molar-refractivity contribution in [3.05, 3.63) is 0 Å². The van der Waals surface area contributed by atoms with Crippen molar-refractivity contribution in [1.82, 2.24) is 10.6 Å². The lowest BCUT2D eigenvalue weighted by Crippen LogP contribution is -2.46. The standard InChI is InChI=1S/C9H17N3O4/c1-2-3-11-5-8(14)12-6(9(15)16)4-7(10)13/h6,11H,2-5H2,1H3,(H2,10,13)(H,12,14)(H,15,16)/t6-/m1/s1. The molecular formula is C9H17N3O4. The molecule has 0 aliphatic carbocycles. The largest absolute Gasteiger partial charge is 0.480 e. The first-order valence-corrected chi connectivity index (χ1v) is 4.98. The Morgan fingerprint density at radius 2 is 2.00 bits per heavy atom. The van der Waals surface area contributed by atoms with E-state index in [9.17, 15) is 14.4 Å².